The first-order chi connectivity index (χ1) is 14.3. The van der Waals surface area contributed by atoms with Crippen LogP contribution in [0.25, 0.3) is 0 Å². The Morgan fingerprint density at radius 1 is 1.00 bits per heavy atom. The van der Waals surface area contributed by atoms with Gasteiger partial charge in [-0.3, -0.25) is 0 Å². The van der Waals surface area contributed by atoms with E-state index in [1.165, 1.54) is 25.7 Å². The van der Waals surface area contributed by atoms with Crippen LogP contribution in [0, 0.1) is 52.3 Å². The predicted molar refractivity (Wildman–Crippen MR) is 122 cm³/mol. The van der Waals surface area contributed by atoms with E-state index < -0.39 is 0 Å². The van der Waals surface area contributed by atoms with Crippen molar-refractivity contribution in [1.82, 2.24) is 0 Å². The number of hydrogen-bond acceptors (Lipinski definition) is 3. The van der Waals surface area contributed by atoms with E-state index in [9.17, 15) is 15.3 Å². The molecule has 0 saturated heterocycles. The second kappa shape index (κ2) is 8.52. The molecule has 172 valence electrons. The van der Waals surface area contributed by atoms with Gasteiger partial charge < -0.3 is 15.3 Å². The summed E-state index contributed by atoms with van der Waals surface area (Å²) in [4.78, 5) is 0. The molecular formula is C27H46O3. The summed E-state index contributed by atoms with van der Waals surface area (Å²) >= 11 is 0. The minimum atomic E-state index is -0.216. The Labute approximate surface area is 184 Å². The maximum absolute atomic E-state index is 11.8. The lowest BCUT2D eigenvalue weighted by Crippen LogP contribution is -2.62. The fraction of sp³-hybridized carbons (Fsp3) is 0.926. The molecule has 0 aromatic carbocycles. The van der Waals surface area contributed by atoms with Crippen molar-refractivity contribution in [2.45, 2.75) is 97.2 Å². The van der Waals surface area contributed by atoms with Crippen LogP contribution in [0.2, 0.25) is 0 Å². The first kappa shape index (κ1) is 22.8. The zero-order valence-electron chi connectivity index (χ0n) is 19.6. The molecule has 0 spiro atoms. The van der Waals surface area contributed by atoms with Crippen LogP contribution in [0.4, 0.5) is 0 Å². The third-order valence-corrected chi connectivity index (χ3v) is 11.0. The van der Waals surface area contributed by atoms with Crippen LogP contribution in [-0.2, 0) is 0 Å². The molecule has 30 heavy (non-hydrogen) atoms. The lowest BCUT2D eigenvalue weighted by Gasteiger charge is -2.64. The molecule has 4 saturated carbocycles. The molecule has 0 amide bonds. The first-order valence-corrected chi connectivity index (χ1v) is 12.9. The summed E-state index contributed by atoms with van der Waals surface area (Å²) in [6.45, 7) is 11.7. The topological polar surface area (TPSA) is 60.7 Å². The molecule has 11 atom stereocenters. The van der Waals surface area contributed by atoms with Crippen molar-refractivity contribution in [3.05, 3.63) is 12.7 Å². The molecule has 4 aliphatic rings. The van der Waals surface area contributed by atoms with Crippen LogP contribution < -0.4 is 0 Å². The van der Waals surface area contributed by atoms with Crippen LogP contribution in [0.3, 0.4) is 0 Å². The average molecular weight is 419 g/mol. The predicted octanol–water partition coefficient (Wildman–Crippen LogP) is 5.19. The van der Waals surface area contributed by atoms with E-state index in [-0.39, 0.29) is 29.6 Å². The molecule has 0 aliphatic heterocycles. The van der Waals surface area contributed by atoms with E-state index in [0.717, 1.165) is 38.5 Å². The first-order valence-electron chi connectivity index (χ1n) is 12.9. The van der Waals surface area contributed by atoms with Gasteiger partial charge in [-0.2, -0.15) is 0 Å². The zero-order valence-corrected chi connectivity index (χ0v) is 19.6. The summed E-state index contributed by atoms with van der Waals surface area (Å²) in [6, 6.07) is 0. The highest BCUT2D eigenvalue weighted by molar-refractivity contribution is 5.14. The quantitative estimate of drug-likeness (QED) is 0.520. The monoisotopic (exact) mass is 418 g/mol. The van der Waals surface area contributed by atoms with Crippen molar-refractivity contribution in [3.8, 4) is 0 Å². The lowest BCUT2D eigenvalue weighted by atomic mass is 9.41. The molecule has 3 N–H and O–H groups in total. The average Bonchev–Trinajstić information content (AvgIpc) is 3.07. The Morgan fingerprint density at radius 3 is 2.37 bits per heavy atom. The summed E-state index contributed by atoms with van der Waals surface area (Å²) < 4.78 is 0. The van der Waals surface area contributed by atoms with Crippen molar-refractivity contribution < 1.29 is 15.3 Å². The maximum Gasteiger partial charge on any atom is 0.0605 e. The van der Waals surface area contributed by atoms with Gasteiger partial charge in [-0.05, 0) is 110 Å². The van der Waals surface area contributed by atoms with E-state index >= 15 is 0 Å². The SMILES string of the molecule is C=C[C@H](CCCO)[C@H]1CCC2C3C(CC[C@@]21C)[C@@]1(C)CC[C@@H](O)C[C@H]1[C@H](CC)[C@H]3O. The molecule has 0 aromatic heterocycles. The molecule has 4 fully saturated rings. The van der Waals surface area contributed by atoms with Crippen molar-refractivity contribution in [2.75, 3.05) is 6.61 Å². The normalized spacial score (nSPS) is 51.5. The number of aliphatic hydroxyl groups is 3. The standard InChI is InChI=1S/C27H46O3/c1-5-17(8-7-15-28)20-9-10-21-24-22(12-14-26(20,21)3)27(4)13-11-18(29)16-23(27)19(6-2)25(24)30/h5,17-25,28-30H,1,6-16H2,2-4H3/t17-,18-,19+,20-,21?,22?,23+,24?,25-,26-,27-/m1/s1. The van der Waals surface area contributed by atoms with Crippen LogP contribution >= 0.6 is 0 Å². The van der Waals surface area contributed by atoms with E-state index in [4.69, 9.17) is 0 Å². The Morgan fingerprint density at radius 2 is 1.70 bits per heavy atom. The summed E-state index contributed by atoms with van der Waals surface area (Å²) in [7, 11) is 0. The van der Waals surface area contributed by atoms with Crippen LogP contribution in [0.5, 0.6) is 0 Å². The molecular weight excluding hydrogens is 372 g/mol. The minimum Gasteiger partial charge on any atom is -0.396 e. The third-order valence-electron chi connectivity index (χ3n) is 11.0. The summed E-state index contributed by atoms with van der Waals surface area (Å²) in [5.74, 6) is 3.54. The smallest absolute Gasteiger partial charge is 0.0605 e. The van der Waals surface area contributed by atoms with Gasteiger partial charge in [0.2, 0.25) is 0 Å². The van der Waals surface area contributed by atoms with Crippen molar-refractivity contribution in [1.29, 1.82) is 0 Å². The van der Waals surface area contributed by atoms with Crippen LogP contribution in [0.1, 0.15) is 85.0 Å². The van der Waals surface area contributed by atoms with Gasteiger partial charge in [0, 0.05) is 6.61 Å². The van der Waals surface area contributed by atoms with E-state index in [1.807, 2.05) is 0 Å². The molecule has 3 heteroatoms. The lowest BCUT2D eigenvalue weighted by molar-refractivity contribution is -0.203. The summed E-state index contributed by atoms with van der Waals surface area (Å²) in [5.41, 5.74) is 0.560. The fourth-order valence-electron chi connectivity index (χ4n) is 9.51. The maximum atomic E-state index is 11.8. The number of allylic oxidation sites excluding steroid dienone is 1. The van der Waals surface area contributed by atoms with Gasteiger partial charge in [0.05, 0.1) is 12.2 Å². The van der Waals surface area contributed by atoms with Gasteiger partial charge in [0.25, 0.3) is 0 Å². The number of hydrogen-bond donors (Lipinski definition) is 3. The Hall–Kier alpha value is -0.380. The summed E-state index contributed by atoms with van der Waals surface area (Å²) in [6.07, 6.45) is 12.6. The largest absolute Gasteiger partial charge is 0.396 e. The van der Waals surface area contributed by atoms with Crippen molar-refractivity contribution >= 4 is 0 Å². The zero-order chi connectivity index (χ0) is 21.7. The molecule has 4 aliphatic carbocycles. The molecule has 0 aromatic rings. The fourth-order valence-corrected chi connectivity index (χ4v) is 9.51. The number of aliphatic hydroxyl groups excluding tert-OH is 3. The van der Waals surface area contributed by atoms with Crippen LogP contribution in [0.15, 0.2) is 12.7 Å². The number of rotatable bonds is 6. The molecule has 0 heterocycles. The molecule has 3 unspecified atom stereocenters. The highest BCUT2D eigenvalue weighted by atomic mass is 16.3. The van der Waals surface area contributed by atoms with E-state index in [0.29, 0.717) is 41.4 Å². The van der Waals surface area contributed by atoms with Gasteiger partial charge >= 0.3 is 0 Å². The van der Waals surface area contributed by atoms with Crippen molar-refractivity contribution in [2.24, 2.45) is 52.3 Å². The molecule has 3 nitrogen and oxygen atoms in total. The second-order valence-corrected chi connectivity index (χ2v) is 11.9. The van der Waals surface area contributed by atoms with Crippen LogP contribution in [-0.4, -0.2) is 34.1 Å². The summed E-state index contributed by atoms with van der Waals surface area (Å²) in [5, 5.41) is 31.6. The Balaban J connectivity index is 1.64. The van der Waals surface area contributed by atoms with Crippen molar-refractivity contribution in [3.63, 3.8) is 0 Å². The number of fused-ring (bicyclic) bond motifs is 5. The van der Waals surface area contributed by atoms with Gasteiger partial charge in [0.15, 0.2) is 0 Å². The highest BCUT2D eigenvalue weighted by Crippen LogP contribution is 2.69. The molecule has 0 bridgehead atoms. The van der Waals surface area contributed by atoms with Gasteiger partial charge in [-0.15, -0.1) is 6.58 Å². The Bertz CT molecular complexity index is 619. The third kappa shape index (κ3) is 3.33. The van der Waals surface area contributed by atoms with E-state index in [2.05, 4.69) is 33.4 Å². The van der Waals surface area contributed by atoms with Gasteiger partial charge in [0.1, 0.15) is 0 Å². The Kier molecular flexibility index (Phi) is 6.48. The van der Waals surface area contributed by atoms with Gasteiger partial charge in [-0.1, -0.05) is 33.3 Å². The minimum absolute atomic E-state index is 0.175. The second-order valence-electron chi connectivity index (χ2n) is 11.9. The van der Waals surface area contributed by atoms with Gasteiger partial charge in [-0.25, -0.2) is 0 Å². The highest BCUT2D eigenvalue weighted by Gasteiger charge is 2.64. The molecule has 0 radical (unpaired) electrons. The van der Waals surface area contributed by atoms with E-state index in [1.54, 1.807) is 0 Å². The molecule has 4 rings (SSSR count).